The molecule has 0 radical (unpaired) electrons. The summed E-state index contributed by atoms with van der Waals surface area (Å²) in [4.78, 5) is 31.2. The number of hydrogen-bond acceptors (Lipinski definition) is 6. The number of benzene rings is 2. The molecule has 31 heavy (non-hydrogen) atoms. The summed E-state index contributed by atoms with van der Waals surface area (Å²) in [6.45, 7) is 2.73. The smallest absolute Gasteiger partial charge is 0.337 e. The second-order valence-electron chi connectivity index (χ2n) is 6.80. The molecule has 0 N–H and O–H groups in total. The number of esters is 1. The molecule has 0 unspecified atom stereocenters. The van der Waals surface area contributed by atoms with Crippen molar-refractivity contribution in [1.29, 1.82) is 0 Å². The molecular weight excluding hydrogens is 480 g/mol. The molecule has 3 rings (SSSR count). The number of nitrogens with zero attached hydrogens (tertiary/aromatic N) is 2. The predicted molar refractivity (Wildman–Crippen MR) is 128 cm³/mol. The van der Waals surface area contributed by atoms with Crippen LogP contribution in [0.1, 0.15) is 35.7 Å². The van der Waals surface area contributed by atoms with E-state index >= 15 is 0 Å². The van der Waals surface area contributed by atoms with Crippen molar-refractivity contribution >= 4 is 56.5 Å². The average Bonchev–Trinajstić information content (AvgIpc) is 3.02. The average molecular weight is 503 g/mol. The maximum absolute atomic E-state index is 12.8. The number of ether oxygens (including phenoxy) is 2. The Kier molecular flexibility index (Phi) is 7.92. The highest BCUT2D eigenvalue weighted by atomic mass is 79.9. The third-order valence-electron chi connectivity index (χ3n) is 4.51. The Labute approximate surface area is 194 Å². The predicted octanol–water partition coefficient (Wildman–Crippen LogP) is 5.65. The molecule has 2 aromatic rings. The van der Waals surface area contributed by atoms with Gasteiger partial charge in [-0.2, -0.15) is 0 Å². The Morgan fingerprint density at radius 2 is 2.06 bits per heavy atom. The zero-order chi connectivity index (χ0) is 22.4. The monoisotopic (exact) mass is 502 g/mol. The Morgan fingerprint density at radius 3 is 2.81 bits per heavy atom. The Hall–Kier alpha value is -2.58. The van der Waals surface area contributed by atoms with Gasteiger partial charge in [0.1, 0.15) is 5.75 Å². The zero-order valence-electron chi connectivity index (χ0n) is 17.6. The van der Waals surface area contributed by atoms with Crippen molar-refractivity contribution in [2.45, 2.75) is 19.8 Å². The van der Waals surface area contributed by atoms with Gasteiger partial charge < -0.3 is 9.47 Å². The first-order valence-corrected chi connectivity index (χ1v) is 11.4. The molecule has 0 aliphatic carbocycles. The van der Waals surface area contributed by atoms with E-state index < -0.39 is 5.97 Å². The number of unbranched alkanes of at least 4 members (excludes halogenated alkanes) is 1. The second kappa shape index (κ2) is 10.6. The number of aliphatic imine (C=N–C) groups is 1. The zero-order valence-corrected chi connectivity index (χ0v) is 20.0. The molecule has 0 spiro atoms. The fourth-order valence-corrected chi connectivity index (χ4v) is 4.17. The lowest BCUT2D eigenvalue weighted by molar-refractivity contribution is -0.121. The molecule has 0 atom stereocenters. The fourth-order valence-electron chi connectivity index (χ4n) is 2.81. The van der Waals surface area contributed by atoms with Gasteiger partial charge in [-0.1, -0.05) is 35.3 Å². The minimum absolute atomic E-state index is 0.146. The van der Waals surface area contributed by atoms with Crippen LogP contribution in [0.4, 0.5) is 5.69 Å². The van der Waals surface area contributed by atoms with Gasteiger partial charge in [0.15, 0.2) is 5.17 Å². The van der Waals surface area contributed by atoms with E-state index in [4.69, 9.17) is 9.47 Å². The first kappa shape index (κ1) is 23.1. The number of thioether (sulfide) groups is 1. The standard InChI is InChI=1S/C23H23BrN2O4S/c1-4-5-11-30-19-10-9-17(24)12-16(19)14-20-21(27)26(2)23(31-20)25-18-8-6-7-15(13-18)22(28)29-3/h6-10,12-14H,4-5,11H2,1-3H3. The molecule has 1 saturated heterocycles. The second-order valence-corrected chi connectivity index (χ2v) is 8.72. The van der Waals surface area contributed by atoms with Gasteiger partial charge in [0.05, 0.1) is 29.9 Å². The van der Waals surface area contributed by atoms with Crippen molar-refractivity contribution < 1.29 is 19.1 Å². The molecule has 0 saturated carbocycles. The Morgan fingerprint density at radius 1 is 1.26 bits per heavy atom. The molecule has 1 fully saturated rings. The summed E-state index contributed by atoms with van der Waals surface area (Å²) in [5, 5.41) is 0.529. The summed E-state index contributed by atoms with van der Waals surface area (Å²) in [6.07, 6.45) is 3.83. The quantitative estimate of drug-likeness (QED) is 0.278. The largest absolute Gasteiger partial charge is 0.493 e. The number of carbonyl (C=O) groups excluding carboxylic acids is 2. The van der Waals surface area contributed by atoms with E-state index in [1.165, 1.54) is 23.8 Å². The van der Waals surface area contributed by atoms with Crippen molar-refractivity contribution in [3.05, 3.63) is 63.0 Å². The van der Waals surface area contributed by atoms with E-state index in [2.05, 4.69) is 27.8 Å². The van der Waals surface area contributed by atoms with Gasteiger partial charge in [-0.15, -0.1) is 0 Å². The molecule has 162 valence electrons. The summed E-state index contributed by atoms with van der Waals surface area (Å²) < 4.78 is 11.6. The van der Waals surface area contributed by atoms with E-state index in [9.17, 15) is 9.59 Å². The lowest BCUT2D eigenvalue weighted by Gasteiger charge is -2.10. The van der Waals surface area contributed by atoms with Crippen molar-refractivity contribution in [1.82, 2.24) is 4.90 Å². The number of halogens is 1. The lowest BCUT2D eigenvalue weighted by atomic mass is 10.2. The number of carbonyl (C=O) groups is 2. The van der Waals surface area contributed by atoms with E-state index in [0.29, 0.717) is 27.9 Å². The number of methoxy groups -OCH3 is 1. The normalized spacial score (nSPS) is 16.3. The summed E-state index contributed by atoms with van der Waals surface area (Å²) in [6, 6.07) is 12.5. The lowest BCUT2D eigenvalue weighted by Crippen LogP contribution is -2.23. The van der Waals surface area contributed by atoms with E-state index in [-0.39, 0.29) is 5.91 Å². The molecular formula is C23H23BrN2O4S. The molecule has 6 nitrogen and oxygen atoms in total. The van der Waals surface area contributed by atoms with Gasteiger partial charge in [-0.05, 0) is 60.7 Å². The molecule has 0 aromatic heterocycles. The van der Waals surface area contributed by atoms with Gasteiger partial charge in [-0.3, -0.25) is 9.69 Å². The highest BCUT2D eigenvalue weighted by Gasteiger charge is 2.30. The van der Waals surface area contributed by atoms with Crippen molar-refractivity contribution in [2.24, 2.45) is 4.99 Å². The third-order valence-corrected chi connectivity index (χ3v) is 6.06. The molecule has 1 amide bonds. The van der Waals surface area contributed by atoms with Crippen molar-refractivity contribution in [3.8, 4) is 5.75 Å². The minimum Gasteiger partial charge on any atom is -0.493 e. The van der Waals surface area contributed by atoms with Gasteiger partial charge in [0.2, 0.25) is 0 Å². The molecule has 2 aromatic carbocycles. The van der Waals surface area contributed by atoms with Crippen LogP contribution < -0.4 is 4.74 Å². The first-order valence-electron chi connectivity index (χ1n) is 9.80. The summed E-state index contributed by atoms with van der Waals surface area (Å²) in [7, 11) is 3.01. The summed E-state index contributed by atoms with van der Waals surface area (Å²) in [5.41, 5.74) is 1.79. The van der Waals surface area contributed by atoms with Gasteiger partial charge in [0, 0.05) is 17.1 Å². The topological polar surface area (TPSA) is 68.2 Å². The van der Waals surface area contributed by atoms with E-state index in [1.54, 1.807) is 31.3 Å². The van der Waals surface area contributed by atoms with Gasteiger partial charge in [0.25, 0.3) is 5.91 Å². The maximum atomic E-state index is 12.8. The van der Waals surface area contributed by atoms with Crippen molar-refractivity contribution in [2.75, 3.05) is 20.8 Å². The highest BCUT2D eigenvalue weighted by molar-refractivity contribution is 9.10. The third kappa shape index (κ3) is 5.77. The first-order chi connectivity index (χ1) is 14.9. The van der Waals surface area contributed by atoms with Crippen LogP contribution in [0.5, 0.6) is 5.75 Å². The van der Waals surface area contributed by atoms with E-state index in [0.717, 1.165) is 28.6 Å². The van der Waals surface area contributed by atoms with Crippen molar-refractivity contribution in [3.63, 3.8) is 0 Å². The fraction of sp³-hybridized carbons (Fsp3) is 0.261. The Balaban J connectivity index is 1.88. The molecule has 8 heteroatoms. The SMILES string of the molecule is CCCCOc1ccc(Br)cc1C=C1SC(=Nc2cccc(C(=O)OC)c2)N(C)C1=O. The highest BCUT2D eigenvalue weighted by Crippen LogP contribution is 2.35. The van der Waals surface area contributed by atoms with Crippen LogP contribution in [0.2, 0.25) is 0 Å². The molecule has 0 bridgehead atoms. The van der Waals surface area contributed by atoms with Crippen LogP contribution in [0, 0.1) is 0 Å². The molecule has 1 heterocycles. The number of hydrogen-bond donors (Lipinski definition) is 0. The molecule has 1 aliphatic rings. The number of amidine groups is 1. The minimum atomic E-state index is -0.434. The number of rotatable bonds is 7. The van der Waals surface area contributed by atoms with Crippen LogP contribution in [0.15, 0.2) is 56.8 Å². The van der Waals surface area contributed by atoms with Crippen LogP contribution in [-0.2, 0) is 9.53 Å². The number of amides is 1. The van der Waals surface area contributed by atoms with Gasteiger partial charge >= 0.3 is 5.97 Å². The van der Waals surface area contributed by atoms with Gasteiger partial charge in [-0.25, -0.2) is 9.79 Å². The summed E-state index contributed by atoms with van der Waals surface area (Å²) >= 11 is 4.77. The summed E-state index contributed by atoms with van der Waals surface area (Å²) in [5.74, 6) is 0.153. The van der Waals surface area contributed by atoms with Crippen LogP contribution in [0.3, 0.4) is 0 Å². The number of likely N-dealkylation sites (N-methyl/N-ethyl adjacent to an activating group) is 1. The van der Waals surface area contributed by atoms with Crippen LogP contribution in [0.25, 0.3) is 6.08 Å². The van der Waals surface area contributed by atoms with Crippen LogP contribution in [-0.4, -0.2) is 42.7 Å². The maximum Gasteiger partial charge on any atom is 0.337 e. The Bertz CT molecular complexity index is 1050. The molecule has 1 aliphatic heterocycles. The van der Waals surface area contributed by atoms with Crippen LogP contribution >= 0.6 is 27.7 Å². The van der Waals surface area contributed by atoms with E-state index in [1.807, 2.05) is 24.3 Å².